The third-order valence-corrected chi connectivity index (χ3v) is 4.64. The number of rotatable bonds is 4. The Morgan fingerprint density at radius 2 is 1.93 bits per heavy atom. The Morgan fingerprint density at radius 1 is 1.17 bits per heavy atom. The van der Waals surface area contributed by atoms with Crippen LogP contribution in [0.1, 0.15) is 18.2 Å². The second kappa shape index (κ2) is 7.40. The Bertz CT molecular complexity index is 1040. The van der Waals surface area contributed by atoms with Crippen molar-refractivity contribution in [1.29, 1.82) is 0 Å². The number of carbonyl (C=O) groups is 1. The van der Waals surface area contributed by atoms with Crippen molar-refractivity contribution in [2.24, 2.45) is 0 Å². The van der Waals surface area contributed by atoms with Crippen molar-refractivity contribution in [2.75, 3.05) is 11.4 Å². The van der Waals surface area contributed by atoms with E-state index in [1.54, 1.807) is 29.2 Å². The summed E-state index contributed by atoms with van der Waals surface area (Å²) in [7, 11) is 0. The van der Waals surface area contributed by atoms with E-state index in [9.17, 15) is 18.0 Å². The smallest absolute Gasteiger partial charge is 0.406 e. The summed E-state index contributed by atoms with van der Waals surface area (Å²) in [5.74, 6) is -0.425. The SMILES string of the molecule is O=C1CC(c2noc(-c3cccc(OC(F)(F)F)c3)n2)CN1c1ccc(Cl)cc1. The Labute approximate surface area is 167 Å². The summed E-state index contributed by atoms with van der Waals surface area (Å²) >= 11 is 5.88. The number of halogens is 4. The number of alkyl halides is 3. The van der Waals surface area contributed by atoms with Gasteiger partial charge >= 0.3 is 6.36 Å². The predicted octanol–water partition coefficient (Wildman–Crippen LogP) is 4.81. The van der Waals surface area contributed by atoms with Crippen LogP contribution < -0.4 is 9.64 Å². The zero-order chi connectivity index (χ0) is 20.6. The van der Waals surface area contributed by atoms with E-state index in [0.29, 0.717) is 23.1 Å². The minimum absolute atomic E-state index is 0.0463. The number of aromatic nitrogens is 2. The summed E-state index contributed by atoms with van der Waals surface area (Å²) in [5.41, 5.74) is 0.993. The molecular weight excluding hydrogens is 411 g/mol. The number of amides is 1. The molecule has 10 heteroatoms. The number of hydrogen-bond donors (Lipinski definition) is 0. The molecule has 0 saturated carbocycles. The third-order valence-electron chi connectivity index (χ3n) is 4.38. The minimum atomic E-state index is -4.80. The van der Waals surface area contributed by atoms with Crippen molar-refractivity contribution < 1.29 is 27.2 Å². The second-order valence-electron chi connectivity index (χ2n) is 6.42. The van der Waals surface area contributed by atoms with Crippen LogP contribution in [0.4, 0.5) is 18.9 Å². The number of nitrogens with zero attached hydrogens (tertiary/aromatic N) is 3. The molecule has 0 aliphatic carbocycles. The highest BCUT2D eigenvalue weighted by molar-refractivity contribution is 6.30. The Balaban J connectivity index is 1.52. The van der Waals surface area contributed by atoms with Crippen molar-refractivity contribution in [3.05, 3.63) is 59.4 Å². The lowest BCUT2D eigenvalue weighted by Crippen LogP contribution is -2.24. The second-order valence-corrected chi connectivity index (χ2v) is 6.85. The molecule has 1 aliphatic heterocycles. The Hall–Kier alpha value is -3.07. The summed E-state index contributed by atoms with van der Waals surface area (Å²) in [6, 6.07) is 12.1. The summed E-state index contributed by atoms with van der Waals surface area (Å²) < 4.78 is 46.3. The molecule has 4 rings (SSSR count). The first-order chi connectivity index (χ1) is 13.8. The van der Waals surface area contributed by atoms with Crippen LogP contribution in [0.25, 0.3) is 11.5 Å². The van der Waals surface area contributed by atoms with Gasteiger partial charge in [0.05, 0.1) is 0 Å². The number of ether oxygens (including phenoxy) is 1. The molecule has 0 bridgehead atoms. The molecule has 150 valence electrons. The fraction of sp³-hybridized carbons (Fsp3) is 0.211. The van der Waals surface area contributed by atoms with Gasteiger partial charge in [-0.05, 0) is 42.5 Å². The average molecular weight is 424 g/mol. The highest BCUT2D eigenvalue weighted by atomic mass is 35.5. The molecule has 0 radical (unpaired) electrons. The lowest BCUT2D eigenvalue weighted by atomic mass is 10.1. The fourth-order valence-corrected chi connectivity index (χ4v) is 3.22. The molecule has 0 spiro atoms. The number of benzene rings is 2. The quantitative estimate of drug-likeness (QED) is 0.602. The van der Waals surface area contributed by atoms with Gasteiger partial charge in [0, 0.05) is 35.2 Å². The van der Waals surface area contributed by atoms with Crippen molar-refractivity contribution in [2.45, 2.75) is 18.7 Å². The van der Waals surface area contributed by atoms with E-state index in [0.717, 1.165) is 6.07 Å². The van der Waals surface area contributed by atoms with Crippen LogP contribution in [0, 0.1) is 0 Å². The van der Waals surface area contributed by atoms with Crippen LogP contribution in [0.3, 0.4) is 0 Å². The molecule has 1 aromatic heterocycles. The number of anilines is 1. The van der Waals surface area contributed by atoms with Crippen LogP contribution >= 0.6 is 11.6 Å². The van der Waals surface area contributed by atoms with Gasteiger partial charge in [-0.25, -0.2) is 0 Å². The van der Waals surface area contributed by atoms with Crippen molar-refractivity contribution in [3.8, 4) is 17.2 Å². The van der Waals surface area contributed by atoms with Gasteiger partial charge in [-0.3, -0.25) is 4.79 Å². The predicted molar refractivity (Wildman–Crippen MR) is 97.6 cm³/mol. The molecule has 2 aromatic carbocycles. The van der Waals surface area contributed by atoms with Crippen molar-refractivity contribution in [1.82, 2.24) is 10.1 Å². The van der Waals surface area contributed by atoms with E-state index in [1.165, 1.54) is 18.2 Å². The van der Waals surface area contributed by atoms with Gasteiger partial charge in [0.2, 0.25) is 5.91 Å². The van der Waals surface area contributed by atoms with Crippen LogP contribution in [0.2, 0.25) is 5.02 Å². The largest absolute Gasteiger partial charge is 0.573 e. The lowest BCUT2D eigenvalue weighted by molar-refractivity contribution is -0.274. The third kappa shape index (κ3) is 4.34. The summed E-state index contributed by atoms with van der Waals surface area (Å²) in [4.78, 5) is 18.2. The highest BCUT2D eigenvalue weighted by Gasteiger charge is 2.35. The maximum absolute atomic E-state index is 12.4. The maximum atomic E-state index is 12.4. The van der Waals surface area contributed by atoms with Gasteiger partial charge in [0.1, 0.15) is 5.75 Å². The molecule has 3 aromatic rings. The minimum Gasteiger partial charge on any atom is -0.406 e. The van der Waals surface area contributed by atoms with E-state index in [1.807, 2.05) is 0 Å². The van der Waals surface area contributed by atoms with E-state index in [4.69, 9.17) is 16.1 Å². The van der Waals surface area contributed by atoms with E-state index in [2.05, 4.69) is 14.9 Å². The van der Waals surface area contributed by atoms with E-state index in [-0.39, 0.29) is 35.4 Å². The topological polar surface area (TPSA) is 68.5 Å². The van der Waals surface area contributed by atoms with Gasteiger partial charge in [0.15, 0.2) is 5.82 Å². The van der Waals surface area contributed by atoms with Crippen LogP contribution in [0.5, 0.6) is 5.75 Å². The van der Waals surface area contributed by atoms with Crippen LogP contribution in [-0.4, -0.2) is 29.0 Å². The monoisotopic (exact) mass is 423 g/mol. The summed E-state index contributed by atoms with van der Waals surface area (Å²) in [6.45, 7) is 0.358. The maximum Gasteiger partial charge on any atom is 0.573 e. The number of hydrogen-bond acceptors (Lipinski definition) is 5. The molecule has 1 amide bonds. The lowest BCUT2D eigenvalue weighted by Gasteiger charge is -2.16. The molecule has 1 atom stereocenters. The van der Waals surface area contributed by atoms with E-state index < -0.39 is 6.36 Å². The van der Waals surface area contributed by atoms with Crippen molar-refractivity contribution >= 4 is 23.2 Å². The van der Waals surface area contributed by atoms with Gasteiger partial charge in [-0.2, -0.15) is 4.98 Å². The van der Waals surface area contributed by atoms with E-state index >= 15 is 0 Å². The molecule has 2 heterocycles. The first kappa shape index (κ1) is 19.3. The van der Waals surface area contributed by atoms with Crippen LogP contribution in [0.15, 0.2) is 53.1 Å². The Morgan fingerprint density at radius 3 is 2.66 bits per heavy atom. The molecule has 0 N–H and O–H groups in total. The summed E-state index contributed by atoms with van der Waals surface area (Å²) in [6.07, 6.45) is -4.60. The average Bonchev–Trinajstić information content (AvgIpc) is 3.28. The standard InChI is InChI=1S/C19H13ClF3N3O3/c20-13-4-6-14(7-5-13)26-10-12(9-16(26)27)17-24-18(29-25-17)11-2-1-3-15(8-11)28-19(21,22)23/h1-8,12H,9-10H2. The van der Waals surface area contributed by atoms with Crippen molar-refractivity contribution in [3.63, 3.8) is 0 Å². The molecule has 1 aliphatic rings. The zero-order valence-electron chi connectivity index (χ0n) is 14.7. The highest BCUT2D eigenvalue weighted by Crippen LogP contribution is 2.33. The van der Waals surface area contributed by atoms with Gasteiger partial charge < -0.3 is 14.2 Å². The molecule has 1 saturated heterocycles. The van der Waals surface area contributed by atoms with Gasteiger partial charge in [-0.15, -0.1) is 13.2 Å². The molecular formula is C19H13ClF3N3O3. The fourth-order valence-electron chi connectivity index (χ4n) is 3.10. The Kier molecular flexibility index (Phi) is 4.91. The molecule has 1 unspecified atom stereocenters. The van der Waals surface area contributed by atoms with Crippen LogP contribution in [-0.2, 0) is 4.79 Å². The van der Waals surface area contributed by atoms with Gasteiger partial charge in [-0.1, -0.05) is 22.8 Å². The molecule has 29 heavy (non-hydrogen) atoms. The molecule has 1 fully saturated rings. The molecule has 6 nitrogen and oxygen atoms in total. The number of carbonyl (C=O) groups excluding carboxylic acids is 1. The normalized spacial score (nSPS) is 17.0. The van der Waals surface area contributed by atoms with Gasteiger partial charge in [0.25, 0.3) is 5.89 Å². The summed E-state index contributed by atoms with van der Waals surface area (Å²) in [5, 5.41) is 4.47. The first-order valence-corrected chi connectivity index (χ1v) is 8.92. The zero-order valence-corrected chi connectivity index (χ0v) is 15.4. The first-order valence-electron chi connectivity index (χ1n) is 8.54.